The zero-order valence-electron chi connectivity index (χ0n) is 14.5. The van der Waals surface area contributed by atoms with E-state index < -0.39 is 0 Å². The number of hydrogen-bond donors (Lipinski definition) is 1. The first-order valence-corrected chi connectivity index (χ1v) is 8.99. The van der Waals surface area contributed by atoms with E-state index in [0.29, 0.717) is 5.92 Å². The van der Waals surface area contributed by atoms with Crippen molar-refractivity contribution in [2.24, 2.45) is 0 Å². The molecule has 0 saturated carbocycles. The number of aryl methyl sites for hydroxylation is 1. The molecule has 0 aliphatic heterocycles. The Kier molecular flexibility index (Phi) is 10.2. The highest BCUT2D eigenvalue weighted by atomic mass is 14.8. The van der Waals surface area contributed by atoms with E-state index in [2.05, 4.69) is 50.5 Å². The molecule has 0 radical (unpaired) electrons. The van der Waals surface area contributed by atoms with Crippen molar-refractivity contribution < 1.29 is 0 Å². The molecule has 1 N–H and O–H groups in total. The Balaban J connectivity index is 2.25. The highest BCUT2D eigenvalue weighted by Gasteiger charge is 2.12. The minimum atomic E-state index is 0.677. The van der Waals surface area contributed by atoms with Gasteiger partial charge in [-0.3, -0.25) is 0 Å². The summed E-state index contributed by atoms with van der Waals surface area (Å²) in [6, 6.07) is 8.87. The lowest BCUT2D eigenvalue weighted by Gasteiger charge is -2.19. The third-order valence-electron chi connectivity index (χ3n) is 4.48. The first kappa shape index (κ1) is 18.2. The molecule has 1 aromatic carbocycles. The molecule has 0 spiro atoms. The minimum absolute atomic E-state index is 0.677. The number of likely N-dealkylation sites (N-methyl/N-ethyl adjacent to an activating group) is 1. The average Bonchev–Trinajstić information content (AvgIpc) is 2.49. The predicted octanol–water partition coefficient (Wildman–Crippen LogP) is 5.83. The first-order valence-electron chi connectivity index (χ1n) is 8.99. The summed E-state index contributed by atoms with van der Waals surface area (Å²) >= 11 is 0. The first-order chi connectivity index (χ1) is 10.3. The molecule has 1 aromatic rings. The van der Waals surface area contributed by atoms with Crippen molar-refractivity contribution in [1.29, 1.82) is 0 Å². The summed E-state index contributed by atoms with van der Waals surface area (Å²) in [4.78, 5) is 0. The van der Waals surface area contributed by atoms with Crippen LogP contribution in [0.25, 0.3) is 0 Å². The smallest absolute Gasteiger partial charge is 0.00172 e. The molecule has 0 aliphatic rings. The fourth-order valence-electron chi connectivity index (χ4n) is 3.18. The molecule has 0 amide bonds. The lowest BCUT2D eigenvalue weighted by atomic mass is 9.90. The Morgan fingerprint density at radius 2 is 1.52 bits per heavy atom. The minimum Gasteiger partial charge on any atom is -0.319 e. The summed E-state index contributed by atoms with van der Waals surface area (Å²) in [6.07, 6.45) is 12.6. The van der Waals surface area contributed by atoms with Crippen molar-refractivity contribution in [3.63, 3.8) is 0 Å². The molecule has 1 unspecified atom stereocenters. The molecule has 1 atom stereocenters. The Morgan fingerprint density at radius 3 is 2.14 bits per heavy atom. The van der Waals surface area contributed by atoms with Gasteiger partial charge < -0.3 is 5.32 Å². The summed E-state index contributed by atoms with van der Waals surface area (Å²) in [7, 11) is 2.07. The number of benzene rings is 1. The van der Waals surface area contributed by atoms with E-state index >= 15 is 0 Å². The van der Waals surface area contributed by atoms with Crippen LogP contribution in [0.2, 0.25) is 0 Å². The molecule has 0 aromatic heterocycles. The van der Waals surface area contributed by atoms with Crippen LogP contribution >= 0.6 is 0 Å². The maximum absolute atomic E-state index is 3.37. The van der Waals surface area contributed by atoms with Crippen LogP contribution in [0.1, 0.15) is 81.8 Å². The normalized spacial score (nSPS) is 12.5. The molecule has 21 heavy (non-hydrogen) atoms. The Bertz CT molecular complexity index is 359. The van der Waals surface area contributed by atoms with E-state index in [1.807, 2.05) is 0 Å². The number of rotatable bonds is 12. The van der Waals surface area contributed by atoms with E-state index in [4.69, 9.17) is 0 Å². The molecule has 0 aliphatic carbocycles. The molecule has 0 heterocycles. The molecule has 0 fully saturated rings. The van der Waals surface area contributed by atoms with Gasteiger partial charge >= 0.3 is 0 Å². The second kappa shape index (κ2) is 11.8. The third-order valence-corrected chi connectivity index (χ3v) is 4.48. The van der Waals surface area contributed by atoms with E-state index in [1.165, 1.54) is 68.9 Å². The van der Waals surface area contributed by atoms with Crippen LogP contribution in [0, 0.1) is 6.92 Å². The van der Waals surface area contributed by atoms with Gasteiger partial charge in [-0.05, 0) is 37.4 Å². The summed E-state index contributed by atoms with van der Waals surface area (Å²) in [5.41, 5.74) is 2.98. The second-order valence-corrected chi connectivity index (χ2v) is 6.37. The van der Waals surface area contributed by atoms with Crippen LogP contribution in [-0.4, -0.2) is 13.6 Å². The van der Waals surface area contributed by atoms with Crippen LogP contribution in [0.3, 0.4) is 0 Å². The van der Waals surface area contributed by atoms with Crippen molar-refractivity contribution in [2.45, 2.75) is 77.6 Å². The van der Waals surface area contributed by atoms with E-state index in [0.717, 1.165) is 6.54 Å². The second-order valence-electron chi connectivity index (χ2n) is 6.37. The zero-order valence-corrected chi connectivity index (χ0v) is 14.5. The van der Waals surface area contributed by atoms with E-state index in [-0.39, 0.29) is 0 Å². The quantitative estimate of drug-likeness (QED) is 0.477. The summed E-state index contributed by atoms with van der Waals surface area (Å²) < 4.78 is 0. The van der Waals surface area contributed by atoms with Gasteiger partial charge in [-0.25, -0.2) is 0 Å². The van der Waals surface area contributed by atoms with Crippen LogP contribution < -0.4 is 5.32 Å². The molecule has 1 heteroatoms. The molecule has 0 bridgehead atoms. The highest BCUT2D eigenvalue weighted by molar-refractivity contribution is 5.29. The van der Waals surface area contributed by atoms with Crippen molar-refractivity contribution in [1.82, 2.24) is 5.32 Å². The summed E-state index contributed by atoms with van der Waals surface area (Å²) in [5, 5.41) is 3.37. The maximum atomic E-state index is 3.37. The molecule has 0 saturated heterocycles. The summed E-state index contributed by atoms with van der Waals surface area (Å²) in [6.45, 7) is 5.63. The fraction of sp³-hybridized carbons (Fsp3) is 0.700. The largest absolute Gasteiger partial charge is 0.319 e. The Hall–Kier alpha value is -0.820. The van der Waals surface area contributed by atoms with Gasteiger partial charge in [0.15, 0.2) is 0 Å². The van der Waals surface area contributed by atoms with Crippen LogP contribution in [-0.2, 0) is 0 Å². The Labute approximate surface area is 132 Å². The fourth-order valence-corrected chi connectivity index (χ4v) is 3.18. The number of nitrogens with one attached hydrogen (secondary N) is 1. The molecular formula is C20H35N. The van der Waals surface area contributed by atoms with Gasteiger partial charge in [-0.2, -0.15) is 0 Å². The van der Waals surface area contributed by atoms with Gasteiger partial charge in [-0.1, -0.05) is 82.6 Å². The lowest BCUT2D eigenvalue weighted by Crippen LogP contribution is -2.18. The van der Waals surface area contributed by atoms with E-state index in [9.17, 15) is 0 Å². The third kappa shape index (κ3) is 7.66. The molecule has 120 valence electrons. The van der Waals surface area contributed by atoms with E-state index in [1.54, 1.807) is 0 Å². The van der Waals surface area contributed by atoms with Crippen molar-refractivity contribution >= 4 is 0 Å². The number of hydrogen-bond acceptors (Lipinski definition) is 1. The number of unbranched alkanes of at least 4 members (excludes halogenated alkanes) is 7. The molecule has 1 nitrogen and oxygen atoms in total. The average molecular weight is 290 g/mol. The van der Waals surface area contributed by atoms with Crippen LogP contribution in [0.4, 0.5) is 0 Å². The zero-order chi connectivity index (χ0) is 15.3. The van der Waals surface area contributed by atoms with Gasteiger partial charge in [0.05, 0.1) is 0 Å². The predicted molar refractivity (Wildman–Crippen MR) is 95.1 cm³/mol. The monoisotopic (exact) mass is 289 g/mol. The Morgan fingerprint density at radius 1 is 0.905 bits per heavy atom. The van der Waals surface area contributed by atoms with Crippen LogP contribution in [0.15, 0.2) is 24.3 Å². The standard InChI is InChI=1S/C20H35N/c1-4-5-6-7-8-9-10-11-15-19(17-21-3)20-16-13-12-14-18(20)2/h12-14,16,19,21H,4-11,15,17H2,1-3H3. The maximum Gasteiger partial charge on any atom is 0.00172 e. The lowest BCUT2D eigenvalue weighted by molar-refractivity contribution is 0.515. The molecule has 1 rings (SSSR count). The van der Waals surface area contributed by atoms with Crippen LogP contribution in [0.5, 0.6) is 0 Å². The van der Waals surface area contributed by atoms with Crippen molar-refractivity contribution in [2.75, 3.05) is 13.6 Å². The van der Waals surface area contributed by atoms with Gasteiger partial charge in [0.25, 0.3) is 0 Å². The van der Waals surface area contributed by atoms with Crippen molar-refractivity contribution in [3.05, 3.63) is 35.4 Å². The highest BCUT2D eigenvalue weighted by Crippen LogP contribution is 2.25. The van der Waals surface area contributed by atoms with Gasteiger partial charge in [-0.15, -0.1) is 0 Å². The molecular weight excluding hydrogens is 254 g/mol. The van der Waals surface area contributed by atoms with Gasteiger partial charge in [0.1, 0.15) is 0 Å². The van der Waals surface area contributed by atoms with Gasteiger partial charge in [0.2, 0.25) is 0 Å². The topological polar surface area (TPSA) is 12.0 Å². The van der Waals surface area contributed by atoms with Gasteiger partial charge in [0, 0.05) is 6.54 Å². The van der Waals surface area contributed by atoms with Crippen molar-refractivity contribution in [3.8, 4) is 0 Å². The SMILES string of the molecule is CCCCCCCCCCC(CNC)c1ccccc1C. The summed E-state index contributed by atoms with van der Waals surface area (Å²) in [5.74, 6) is 0.677.